The van der Waals surface area contributed by atoms with Crippen molar-refractivity contribution in [3.63, 3.8) is 0 Å². The molecule has 158 valence electrons. The maximum Gasteiger partial charge on any atom is 0.258 e. The third kappa shape index (κ3) is 4.97. The van der Waals surface area contributed by atoms with Crippen molar-refractivity contribution in [2.75, 3.05) is 23.2 Å². The highest BCUT2D eigenvalue weighted by Crippen LogP contribution is 2.34. The monoisotopic (exact) mass is 435 g/mol. The normalized spacial score (nSPS) is 11.8. The van der Waals surface area contributed by atoms with Crippen molar-refractivity contribution < 1.29 is 19.1 Å². The molecule has 0 bridgehead atoms. The predicted molar refractivity (Wildman–Crippen MR) is 120 cm³/mol. The van der Waals surface area contributed by atoms with E-state index in [1.807, 2.05) is 32.0 Å². The summed E-state index contributed by atoms with van der Waals surface area (Å²) in [4.78, 5) is 29.6. The van der Waals surface area contributed by atoms with E-state index in [2.05, 4.69) is 15.6 Å². The van der Waals surface area contributed by atoms with Gasteiger partial charge in [0.15, 0.2) is 11.5 Å². The van der Waals surface area contributed by atoms with Crippen molar-refractivity contribution in [1.82, 2.24) is 4.98 Å². The molecule has 0 atom stereocenters. The maximum absolute atomic E-state index is 12.9. The lowest BCUT2D eigenvalue weighted by Gasteiger charge is -2.12. The fourth-order valence-electron chi connectivity index (χ4n) is 3.04. The minimum Gasteiger partial charge on any atom is -0.454 e. The Labute approximate surface area is 184 Å². The van der Waals surface area contributed by atoms with Crippen LogP contribution in [0.3, 0.4) is 0 Å². The highest BCUT2D eigenvalue weighted by Gasteiger charge is 2.17. The molecular formula is C23H21N3O4S. The lowest BCUT2D eigenvalue weighted by atomic mass is 10.1. The van der Waals surface area contributed by atoms with Gasteiger partial charge in [-0.1, -0.05) is 23.9 Å². The molecular weight excluding hydrogens is 414 g/mol. The molecule has 0 spiro atoms. The number of nitrogens with zero attached hydrogens (tertiary/aromatic N) is 1. The van der Waals surface area contributed by atoms with Gasteiger partial charge in [0.1, 0.15) is 5.03 Å². The van der Waals surface area contributed by atoms with Crippen molar-refractivity contribution in [3.8, 4) is 11.5 Å². The van der Waals surface area contributed by atoms with E-state index in [0.29, 0.717) is 27.8 Å². The Balaban J connectivity index is 1.40. The number of benzene rings is 2. The van der Waals surface area contributed by atoms with Gasteiger partial charge < -0.3 is 20.1 Å². The van der Waals surface area contributed by atoms with Crippen LogP contribution in [0.1, 0.15) is 21.5 Å². The summed E-state index contributed by atoms with van der Waals surface area (Å²) >= 11 is 1.21. The Kier molecular flexibility index (Phi) is 6.08. The highest BCUT2D eigenvalue weighted by atomic mass is 32.2. The molecule has 2 amide bonds. The van der Waals surface area contributed by atoms with Crippen molar-refractivity contribution in [2.24, 2.45) is 0 Å². The lowest BCUT2D eigenvalue weighted by molar-refractivity contribution is -0.113. The van der Waals surface area contributed by atoms with Gasteiger partial charge in [-0.3, -0.25) is 9.59 Å². The maximum atomic E-state index is 12.9. The molecule has 2 heterocycles. The van der Waals surface area contributed by atoms with E-state index in [9.17, 15) is 9.59 Å². The van der Waals surface area contributed by atoms with Gasteiger partial charge in [0.05, 0.1) is 11.3 Å². The first kappa shape index (κ1) is 20.7. The number of hydrogen-bond donors (Lipinski definition) is 2. The van der Waals surface area contributed by atoms with Crippen LogP contribution in [-0.4, -0.2) is 29.3 Å². The smallest absolute Gasteiger partial charge is 0.258 e. The third-order valence-electron chi connectivity index (χ3n) is 4.65. The Hall–Kier alpha value is -3.52. The number of carbonyl (C=O) groups is 2. The number of carbonyl (C=O) groups excluding carboxylic acids is 2. The Morgan fingerprint density at radius 2 is 1.87 bits per heavy atom. The summed E-state index contributed by atoms with van der Waals surface area (Å²) in [5.74, 6) is 0.881. The van der Waals surface area contributed by atoms with Gasteiger partial charge in [0.25, 0.3) is 5.91 Å². The molecule has 8 heteroatoms. The second-order valence-electron chi connectivity index (χ2n) is 7.03. The van der Waals surface area contributed by atoms with Crippen LogP contribution in [0.25, 0.3) is 0 Å². The van der Waals surface area contributed by atoms with Gasteiger partial charge in [-0.15, -0.1) is 0 Å². The van der Waals surface area contributed by atoms with E-state index >= 15 is 0 Å². The minimum atomic E-state index is -0.263. The molecule has 0 aliphatic carbocycles. The average molecular weight is 436 g/mol. The van der Waals surface area contributed by atoms with Crippen LogP contribution < -0.4 is 20.1 Å². The van der Waals surface area contributed by atoms with Crippen LogP contribution in [0.5, 0.6) is 11.5 Å². The molecule has 31 heavy (non-hydrogen) atoms. The van der Waals surface area contributed by atoms with Gasteiger partial charge >= 0.3 is 0 Å². The molecule has 0 radical (unpaired) electrons. The van der Waals surface area contributed by atoms with E-state index in [1.54, 1.807) is 36.5 Å². The first-order valence-corrected chi connectivity index (χ1v) is 10.6. The van der Waals surface area contributed by atoms with Gasteiger partial charge in [-0.05, 0) is 55.3 Å². The number of thioether (sulfide) groups is 1. The van der Waals surface area contributed by atoms with Gasteiger partial charge in [0.2, 0.25) is 12.7 Å². The van der Waals surface area contributed by atoms with Crippen LogP contribution in [0, 0.1) is 13.8 Å². The summed E-state index contributed by atoms with van der Waals surface area (Å²) in [7, 11) is 0. The van der Waals surface area contributed by atoms with Crippen molar-refractivity contribution in [2.45, 2.75) is 18.9 Å². The van der Waals surface area contributed by atoms with Gasteiger partial charge in [0, 0.05) is 23.6 Å². The van der Waals surface area contributed by atoms with Crippen molar-refractivity contribution in [1.29, 1.82) is 0 Å². The van der Waals surface area contributed by atoms with Gasteiger partial charge in [-0.25, -0.2) is 4.98 Å². The lowest BCUT2D eigenvalue weighted by Crippen LogP contribution is -2.16. The number of hydrogen-bond acceptors (Lipinski definition) is 6. The average Bonchev–Trinajstić information content (AvgIpc) is 3.23. The molecule has 3 aromatic rings. The van der Waals surface area contributed by atoms with E-state index in [-0.39, 0.29) is 24.4 Å². The van der Waals surface area contributed by atoms with Crippen LogP contribution >= 0.6 is 11.8 Å². The minimum absolute atomic E-state index is 0.106. The van der Waals surface area contributed by atoms with Crippen molar-refractivity contribution >= 4 is 35.0 Å². The highest BCUT2D eigenvalue weighted by molar-refractivity contribution is 8.00. The van der Waals surface area contributed by atoms with Crippen LogP contribution in [-0.2, 0) is 4.79 Å². The van der Waals surface area contributed by atoms with Crippen LogP contribution in [0.4, 0.5) is 11.4 Å². The summed E-state index contributed by atoms with van der Waals surface area (Å²) in [5.41, 5.74) is 3.82. The quantitative estimate of drug-likeness (QED) is 0.558. The topological polar surface area (TPSA) is 89.6 Å². The summed E-state index contributed by atoms with van der Waals surface area (Å²) in [6.07, 6.45) is 1.60. The largest absolute Gasteiger partial charge is 0.454 e. The molecule has 2 aromatic carbocycles. The van der Waals surface area contributed by atoms with E-state index in [4.69, 9.17) is 9.47 Å². The first-order valence-electron chi connectivity index (χ1n) is 9.65. The summed E-state index contributed by atoms with van der Waals surface area (Å²) in [6, 6.07) is 14.5. The van der Waals surface area contributed by atoms with E-state index in [0.717, 1.165) is 16.8 Å². The van der Waals surface area contributed by atoms with Crippen LogP contribution in [0.15, 0.2) is 59.8 Å². The number of rotatable bonds is 6. The number of aromatic nitrogens is 1. The number of fused-ring (bicyclic) bond motifs is 1. The summed E-state index contributed by atoms with van der Waals surface area (Å²) in [6.45, 7) is 4.09. The summed E-state index contributed by atoms with van der Waals surface area (Å²) < 4.78 is 10.6. The zero-order chi connectivity index (χ0) is 21.8. The molecule has 1 aromatic heterocycles. The number of nitrogens with one attached hydrogen (secondary N) is 2. The first-order chi connectivity index (χ1) is 15.0. The molecule has 2 N–H and O–H groups in total. The number of amides is 2. The molecule has 4 rings (SSSR count). The number of ether oxygens (including phenoxy) is 2. The predicted octanol–water partition coefficient (Wildman–Crippen LogP) is 4.41. The molecule has 0 fully saturated rings. The molecule has 0 saturated heterocycles. The second-order valence-corrected chi connectivity index (χ2v) is 8.00. The number of aryl methyl sites for hydroxylation is 2. The SMILES string of the molecule is Cc1ccc(C)c(NC(=O)c2cccnc2SCC(=O)Nc2ccc3c(c2)OCO3)c1. The van der Waals surface area contributed by atoms with Gasteiger partial charge in [-0.2, -0.15) is 0 Å². The molecule has 7 nitrogen and oxygen atoms in total. The summed E-state index contributed by atoms with van der Waals surface area (Å²) in [5, 5.41) is 6.25. The zero-order valence-electron chi connectivity index (χ0n) is 17.1. The molecule has 1 aliphatic heterocycles. The standard InChI is InChI=1S/C23H21N3O4S/c1-14-5-6-15(2)18(10-14)26-22(28)17-4-3-9-24-23(17)31-12-21(27)25-16-7-8-19-20(11-16)30-13-29-19/h3-11H,12-13H2,1-2H3,(H,25,27)(H,26,28). The number of pyridine rings is 1. The Morgan fingerprint density at radius 1 is 1.03 bits per heavy atom. The van der Waals surface area contributed by atoms with E-state index < -0.39 is 0 Å². The Bertz CT molecular complexity index is 1150. The molecule has 0 unspecified atom stereocenters. The van der Waals surface area contributed by atoms with E-state index in [1.165, 1.54) is 11.8 Å². The fourth-order valence-corrected chi connectivity index (χ4v) is 3.84. The zero-order valence-corrected chi connectivity index (χ0v) is 17.9. The number of anilines is 2. The molecule has 1 aliphatic rings. The Morgan fingerprint density at radius 3 is 2.74 bits per heavy atom. The van der Waals surface area contributed by atoms with Crippen molar-refractivity contribution in [3.05, 3.63) is 71.4 Å². The van der Waals surface area contributed by atoms with Crippen LogP contribution in [0.2, 0.25) is 0 Å². The molecule has 0 saturated carbocycles. The second kappa shape index (κ2) is 9.09. The fraction of sp³-hybridized carbons (Fsp3) is 0.174. The third-order valence-corrected chi connectivity index (χ3v) is 5.66.